The lowest BCUT2D eigenvalue weighted by Gasteiger charge is -2.45. The van der Waals surface area contributed by atoms with Crippen LogP contribution in [0.25, 0.3) is 0 Å². The predicted molar refractivity (Wildman–Crippen MR) is 80.4 cm³/mol. The van der Waals surface area contributed by atoms with E-state index in [1.54, 1.807) is 0 Å². The summed E-state index contributed by atoms with van der Waals surface area (Å²) in [4.78, 5) is 2.57. The minimum atomic E-state index is 0.471. The van der Waals surface area contributed by atoms with Crippen LogP contribution in [0.5, 0.6) is 0 Å². The molecule has 112 valence electrons. The first-order valence-electron chi connectivity index (χ1n) is 8.17. The SMILES string of the molecule is CCNC1CC(C)CC(C)C1N(C)CC1CCCO1. The normalized spacial score (nSPS) is 39.9. The average molecular weight is 268 g/mol. The second-order valence-corrected chi connectivity index (χ2v) is 6.78. The molecule has 1 saturated carbocycles. The van der Waals surface area contributed by atoms with Crippen molar-refractivity contribution in [3.8, 4) is 0 Å². The van der Waals surface area contributed by atoms with Crippen LogP contribution in [0.2, 0.25) is 0 Å². The maximum Gasteiger partial charge on any atom is 0.0702 e. The van der Waals surface area contributed by atoms with Crippen LogP contribution < -0.4 is 5.32 Å². The van der Waals surface area contributed by atoms with Crippen molar-refractivity contribution in [2.24, 2.45) is 11.8 Å². The highest BCUT2D eigenvalue weighted by atomic mass is 16.5. The zero-order valence-corrected chi connectivity index (χ0v) is 13.2. The molecule has 2 aliphatic rings. The first-order chi connectivity index (χ1) is 9.11. The quantitative estimate of drug-likeness (QED) is 0.829. The molecule has 2 rings (SSSR count). The van der Waals surface area contributed by atoms with Gasteiger partial charge in [0, 0.05) is 25.2 Å². The van der Waals surface area contributed by atoms with Gasteiger partial charge in [-0.3, -0.25) is 4.90 Å². The summed E-state index contributed by atoms with van der Waals surface area (Å²) < 4.78 is 5.80. The highest BCUT2D eigenvalue weighted by molar-refractivity contribution is 4.93. The standard InChI is InChI=1S/C16H32N2O/c1-5-17-15-10-12(2)9-13(3)16(15)18(4)11-14-7-6-8-19-14/h12-17H,5-11H2,1-4H3. The molecule has 2 fully saturated rings. The van der Waals surface area contributed by atoms with Crippen molar-refractivity contribution >= 4 is 0 Å². The van der Waals surface area contributed by atoms with Gasteiger partial charge in [-0.1, -0.05) is 20.8 Å². The number of rotatable bonds is 5. The second kappa shape index (κ2) is 7.05. The zero-order valence-electron chi connectivity index (χ0n) is 13.2. The van der Waals surface area contributed by atoms with Crippen molar-refractivity contribution in [3.63, 3.8) is 0 Å². The number of nitrogens with one attached hydrogen (secondary N) is 1. The minimum Gasteiger partial charge on any atom is -0.377 e. The average Bonchev–Trinajstić information content (AvgIpc) is 2.81. The van der Waals surface area contributed by atoms with E-state index in [1.807, 2.05) is 0 Å². The van der Waals surface area contributed by atoms with Crippen LogP contribution in [0.15, 0.2) is 0 Å². The summed E-state index contributed by atoms with van der Waals surface area (Å²) in [6, 6.07) is 1.32. The van der Waals surface area contributed by atoms with Crippen LogP contribution in [0, 0.1) is 11.8 Å². The Kier molecular flexibility index (Phi) is 5.67. The van der Waals surface area contributed by atoms with Crippen LogP contribution >= 0.6 is 0 Å². The van der Waals surface area contributed by atoms with Crippen LogP contribution in [0.1, 0.15) is 46.5 Å². The summed E-state index contributed by atoms with van der Waals surface area (Å²) in [6.07, 6.45) is 5.64. The lowest BCUT2D eigenvalue weighted by atomic mass is 9.76. The molecule has 1 N–H and O–H groups in total. The van der Waals surface area contributed by atoms with Crippen molar-refractivity contribution < 1.29 is 4.74 Å². The molecular formula is C16H32N2O. The molecule has 0 spiro atoms. The molecular weight excluding hydrogens is 236 g/mol. The van der Waals surface area contributed by atoms with Gasteiger partial charge in [-0.05, 0) is 51.1 Å². The van der Waals surface area contributed by atoms with Crippen molar-refractivity contribution in [1.29, 1.82) is 0 Å². The monoisotopic (exact) mass is 268 g/mol. The predicted octanol–water partition coefficient (Wildman–Crippen LogP) is 2.51. The second-order valence-electron chi connectivity index (χ2n) is 6.78. The van der Waals surface area contributed by atoms with E-state index in [0.29, 0.717) is 18.2 Å². The summed E-state index contributed by atoms with van der Waals surface area (Å²) in [5.41, 5.74) is 0. The van der Waals surface area contributed by atoms with Gasteiger partial charge in [0.1, 0.15) is 0 Å². The number of hydrogen-bond acceptors (Lipinski definition) is 3. The van der Waals surface area contributed by atoms with Gasteiger partial charge in [-0.25, -0.2) is 0 Å². The fourth-order valence-electron chi connectivity index (χ4n) is 4.28. The Bertz CT molecular complexity index is 265. The first kappa shape index (κ1) is 15.3. The number of nitrogens with zero attached hydrogens (tertiary/aromatic N) is 1. The van der Waals surface area contributed by atoms with Crippen LogP contribution in [0.3, 0.4) is 0 Å². The molecule has 3 nitrogen and oxygen atoms in total. The summed E-state index contributed by atoms with van der Waals surface area (Å²) >= 11 is 0. The highest BCUT2D eigenvalue weighted by Crippen LogP contribution is 2.32. The fourth-order valence-corrected chi connectivity index (χ4v) is 4.28. The van der Waals surface area contributed by atoms with Gasteiger partial charge in [0.05, 0.1) is 6.10 Å². The van der Waals surface area contributed by atoms with Gasteiger partial charge in [0.15, 0.2) is 0 Å². The molecule has 0 aromatic heterocycles. The smallest absolute Gasteiger partial charge is 0.0702 e. The van der Waals surface area contributed by atoms with Crippen molar-refractivity contribution in [2.45, 2.75) is 64.6 Å². The third kappa shape index (κ3) is 3.93. The van der Waals surface area contributed by atoms with Crippen molar-refractivity contribution in [3.05, 3.63) is 0 Å². The molecule has 1 heterocycles. The van der Waals surface area contributed by atoms with Gasteiger partial charge in [-0.15, -0.1) is 0 Å². The van der Waals surface area contributed by atoms with E-state index in [2.05, 4.69) is 38.0 Å². The van der Waals surface area contributed by atoms with Gasteiger partial charge < -0.3 is 10.1 Å². The minimum absolute atomic E-state index is 0.471. The maximum atomic E-state index is 5.80. The Morgan fingerprint density at radius 3 is 2.68 bits per heavy atom. The fraction of sp³-hybridized carbons (Fsp3) is 1.00. The van der Waals surface area contributed by atoms with E-state index in [-0.39, 0.29) is 0 Å². The van der Waals surface area contributed by atoms with E-state index in [0.717, 1.165) is 31.5 Å². The van der Waals surface area contributed by atoms with Gasteiger partial charge >= 0.3 is 0 Å². The van der Waals surface area contributed by atoms with E-state index < -0.39 is 0 Å². The third-order valence-electron chi connectivity index (χ3n) is 4.92. The zero-order chi connectivity index (χ0) is 13.8. The molecule has 1 saturated heterocycles. The number of hydrogen-bond donors (Lipinski definition) is 1. The van der Waals surface area contributed by atoms with E-state index in [4.69, 9.17) is 4.74 Å². The largest absolute Gasteiger partial charge is 0.377 e. The van der Waals surface area contributed by atoms with E-state index in [9.17, 15) is 0 Å². The summed E-state index contributed by atoms with van der Waals surface area (Å²) in [6.45, 7) is 10.2. The maximum absolute atomic E-state index is 5.80. The highest BCUT2D eigenvalue weighted by Gasteiger charge is 2.36. The topological polar surface area (TPSA) is 24.5 Å². The van der Waals surface area contributed by atoms with Crippen LogP contribution in [0.4, 0.5) is 0 Å². The van der Waals surface area contributed by atoms with E-state index in [1.165, 1.54) is 25.7 Å². The molecule has 0 aromatic carbocycles. The summed E-state index contributed by atoms with van der Waals surface area (Å²) in [5, 5.41) is 3.72. The lowest BCUT2D eigenvalue weighted by molar-refractivity contribution is 0.0283. The Labute approximate surface area is 119 Å². The molecule has 3 heteroatoms. The molecule has 5 unspecified atom stereocenters. The molecule has 0 radical (unpaired) electrons. The van der Waals surface area contributed by atoms with Crippen LogP contribution in [-0.4, -0.2) is 49.8 Å². The summed E-state index contributed by atoms with van der Waals surface area (Å²) in [7, 11) is 2.29. The Balaban J connectivity index is 1.96. The van der Waals surface area contributed by atoms with Gasteiger partial charge in [-0.2, -0.15) is 0 Å². The molecule has 1 aliphatic heterocycles. The first-order valence-corrected chi connectivity index (χ1v) is 8.17. The van der Waals surface area contributed by atoms with Gasteiger partial charge in [0.2, 0.25) is 0 Å². The number of ether oxygens (including phenoxy) is 1. The lowest BCUT2D eigenvalue weighted by Crippen LogP contribution is -2.56. The Hall–Kier alpha value is -0.120. The Morgan fingerprint density at radius 1 is 1.26 bits per heavy atom. The third-order valence-corrected chi connectivity index (χ3v) is 4.92. The van der Waals surface area contributed by atoms with Crippen molar-refractivity contribution in [1.82, 2.24) is 10.2 Å². The molecule has 19 heavy (non-hydrogen) atoms. The molecule has 0 bridgehead atoms. The van der Waals surface area contributed by atoms with Gasteiger partial charge in [0.25, 0.3) is 0 Å². The van der Waals surface area contributed by atoms with E-state index >= 15 is 0 Å². The molecule has 0 aromatic rings. The molecule has 1 aliphatic carbocycles. The number of likely N-dealkylation sites (N-methyl/N-ethyl adjacent to an activating group) is 2. The molecule has 5 atom stereocenters. The van der Waals surface area contributed by atoms with Crippen LogP contribution in [-0.2, 0) is 4.74 Å². The summed E-state index contributed by atoms with van der Waals surface area (Å²) in [5.74, 6) is 1.63. The van der Waals surface area contributed by atoms with Crippen molar-refractivity contribution in [2.75, 3.05) is 26.7 Å². The molecule has 0 amide bonds. The Morgan fingerprint density at radius 2 is 2.05 bits per heavy atom.